The van der Waals surface area contributed by atoms with E-state index in [9.17, 15) is 5.11 Å². The number of nitrogens with zero attached hydrogens (tertiary/aromatic N) is 2. The zero-order valence-corrected chi connectivity index (χ0v) is 9.77. The molecule has 1 rings (SSSR count). The molecule has 1 heterocycles. The smallest absolute Gasteiger partial charge is 0.157 e. The lowest BCUT2D eigenvalue weighted by Gasteiger charge is -2.06. The maximum atomic E-state index is 9.23. The highest BCUT2D eigenvalue weighted by Crippen LogP contribution is 2.09. The van der Waals surface area contributed by atoms with Gasteiger partial charge in [0.2, 0.25) is 0 Å². The molecule has 0 radical (unpaired) electrons. The average Bonchev–Trinajstić information content (AvgIpc) is 2.63. The molecule has 0 aromatic carbocycles. The van der Waals surface area contributed by atoms with Gasteiger partial charge in [-0.1, -0.05) is 22.9 Å². The first-order chi connectivity index (χ1) is 6.76. The predicted octanol–water partition coefficient (Wildman–Crippen LogP) is 1.43. The molecule has 0 saturated carbocycles. The zero-order chi connectivity index (χ0) is 10.4. The van der Waals surface area contributed by atoms with Crippen molar-refractivity contribution in [2.75, 3.05) is 11.9 Å². The summed E-state index contributed by atoms with van der Waals surface area (Å²) in [5.74, 6) is 0.707. The molecule has 80 valence electrons. The van der Waals surface area contributed by atoms with Crippen molar-refractivity contribution in [3.05, 3.63) is 12.4 Å². The molecule has 14 heavy (non-hydrogen) atoms. The van der Waals surface area contributed by atoms with E-state index in [0.29, 0.717) is 17.7 Å². The molecule has 4 nitrogen and oxygen atoms in total. The number of aliphatic hydroxyl groups excluding tert-OH is 1. The molecular formula is C9H15BrN2O2. The Bertz CT molecular complexity index is 265. The third kappa shape index (κ3) is 3.67. The molecular weight excluding hydrogens is 248 g/mol. The number of rotatable bonds is 6. The van der Waals surface area contributed by atoms with Gasteiger partial charge in [0.1, 0.15) is 6.61 Å². The van der Waals surface area contributed by atoms with Crippen LogP contribution in [-0.2, 0) is 6.54 Å². The normalized spacial score (nSPS) is 12.8. The summed E-state index contributed by atoms with van der Waals surface area (Å²) in [4.78, 5) is 0. The van der Waals surface area contributed by atoms with Crippen molar-refractivity contribution in [2.24, 2.45) is 0 Å². The lowest BCUT2D eigenvalue weighted by molar-refractivity contribution is 0.127. The number of ether oxygens (including phenoxy) is 1. The van der Waals surface area contributed by atoms with Crippen LogP contribution in [0.25, 0.3) is 0 Å². The van der Waals surface area contributed by atoms with E-state index in [2.05, 4.69) is 28.0 Å². The molecule has 0 aliphatic heterocycles. The van der Waals surface area contributed by atoms with Crippen LogP contribution in [-0.4, -0.2) is 32.9 Å². The minimum absolute atomic E-state index is 0.295. The van der Waals surface area contributed by atoms with Crippen LogP contribution >= 0.6 is 15.9 Å². The van der Waals surface area contributed by atoms with Crippen molar-refractivity contribution >= 4 is 15.9 Å². The second-order valence-corrected chi connectivity index (χ2v) is 3.71. The van der Waals surface area contributed by atoms with Crippen molar-refractivity contribution in [1.29, 1.82) is 0 Å². The maximum Gasteiger partial charge on any atom is 0.157 e. The first-order valence-electron chi connectivity index (χ1n) is 4.65. The third-order valence-corrected chi connectivity index (χ3v) is 2.43. The van der Waals surface area contributed by atoms with Crippen molar-refractivity contribution in [2.45, 2.75) is 26.0 Å². The van der Waals surface area contributed by atoms with Crippen molar-refractivity contribution in [1.82, 2.24) is 9.78 Å². The summed E-state index contributed by atoms with van der Waals surface area (Å²) >= 11 is 3.17. The first-order valence-corrected chi connectivity index (χ1v) is 5.77. The van der Waals surface area contributed by atoms with Crippen LogP contribution in [0.3, 0.4) is 0 Å². The van der Waals surface area contributed by atoms with E-state index >= 15 is 0 Å². The zero-order valence-electron chi connectivity index (χ0n) is 8.19. The number of halogens is 1. The number of hydrogen-bond acceptors (Lipinski definition) is 3. The van der Waals surface area contributed by atoms with E-state index in [-0.39, 0.29) is 0 Å². The van der Waals surface area contributed by atoms with Crippen LogP contribution in [0.1, 0.15) is 13.3 Å². The van der Waals surface area contributed by atoms with E-state index in [0.717, 1.165) is 13.0 Å². The molecule has 0 aliphatic carbocycles. The van der Waals surface area contributed by atoms with Gasteiger partial charge in [-0.2, -0.15) is 5.10 Å². The van der Waals surface area contributed by atoms with Crippen LogP contribution in [0, 0.1) is 0 Å². The highest BCUT2D eigenvalue weighted by Gasteiger charge is 2.04. The van der Waals surface area contributed by atoms with Crippen LogP contribution in [0.5, 0.6) is 5.75 Å². The van der Waals surface area contributed by atoms with E-state index in [4.69, 9.17) is 4.74 Å². The fraction of sp³-hybridized carbons (Fsp3) is 0.667. The van der Waals surface area contributed by atoms with Gasteiger partial charge in [-0.05, 0) is 6.42 Å². The number of aryl methyl sites for hydroxylation is 1. The lowest BCUT2D eigenvalue weighted by atomic mass is 10.4. The highest BCUT2D eigenvalue weighted by atomic mass is 79.9. The van der Waals surface area contributed by atoms with Crippen LogP contribution < -0.4 is 4.74 Å². The Morgan fingerprint density at radius 3 is 3.14 bits per heavy atom. The van der Waals surface area contributed by atoms with Gasteiger partial charge in [-0.15, -0.1) is 0 Å². The largest absolute Gasteiger partial charge is 0.488 e. The van der Waals surface area contributed by atoms with Gasteiger partial charge in [0, 0.05) is 11.9 Å². The molecule has 0 spiro atoms. The summed E-state index contributed by atoms with van der Waals surface area (Å²) in [6.07, 6.45) is 4.08. The number of hydrogen-bond donors (Lipinski definition) is 1. The topological polar surface area (TPSA) is 47.3 Å². The monoisotopic (exact) mass is 262 g/mol. The van der Waals surface area contributed by atoms with Gasteiger partial charge in [0.15, 0.2) is 5.75 Å². The van der Waals surface area contributed by atoms with Gasteiger partial charge in [0.05, 0.1) is 18.5 Å². The summed E-state index contributed by atoms with van der Waals surface area (Å²) in [7, 11) is 0. The lowest BCUT2D eigenvalue weighted by Crippen LogP contribution is -2.18. The summed E-state index contributed by atoms with van der Waals surface area (Å²) < 4.78 is 7.15. The van der Waals surface area contributed by atoms with Crippen LogP contribution in [0.2, 0.25) is 0 Å². The number of alkyl halides is 1. The molecule has 0 fully saturated rings. The Hall–Kier alpha value is -0.550. The number of aromatic nitrogens is 2. The Morgan fingerprint density at radius 1 is 1.71 bits per heavy atom. The third-order valence-electron chi connectivity index (χ3n) is 1.68. The second kappa shape index (κ2) is 6.03. The molecule has 1 N–H and O–H groups in total. The molecule has 1 aromatic rings. The van der Waals surface area contributed by atoms with Crippen molar-refractivity contribution in [3.8, 4) is 5.75 Å². The second-order valence-electron chi connectivity index (χ2n) is 3.06. The van der Waals surface area contributed by atoms with E-state index in [1.54, 1.807) is 6.20 Å². The molecule has 0 amide bonds. The summed E-state index contributed by atoms with van der Waals surface area (Å²) in [6.45, 7) is 3.28. The molecule has 1 unspecified atom stereocenters. The van der Waals surface area contributed by atoms with Gasteiger partial charge < -0.3 is 9.84 Å². The van der Waals surface area contributed by atoms with E-state index < -0.39 is 6.10 Å². The fourth-order valence-electron chi connectivity index (χ4n) is 1.01. The molecule has 1 atom stereocenters. The molecule has 0 saturated heterocycles. The predicted molar refractivity (Wildman–Crippen MR) is 57.8 cm³/mol. The molecule has 5 heteroatoms. The Kier molecular flexibility index (Phi) is 4.97. The van der Waals surface area contributed by atoms with Crippen molar-refractivity contribution in [3.63, 3.8) is 0 Å². The fourth-order valence-corrected chi connectivity index (χ4v) is 1.19. The Balaban J connectivity index is 2.35. The summed E-state index contributed by atoms with van der Waals surface area (Å²) in [5.41, 5.74) is 0. The summed E-state index contributed by atoms with van der Waals surface area (Å²) in [6, 6.07) is 0. The quantitative estimate of drug-likeness (QED) is 0.790. The average molecular weight is 263 g/mol. The molecule has 1 aromatic heterocycles. The SMILES string of the molecule is CCCn1cc(OCC(O)CBr)cn1. The molecule has 0 aliphatic rings. The highest BCUT2D eigenvalue weighted by molar-refractivity contribution is 9.09. The number of aliphatic hydroxyl groups is 1. The summed E-state index contributed by atoms with van der Waals surface area (Å²) in [5, 5.41) is 13.9. The Morgan fingerprint density at radius 2 is 2.50 bits per heavy atom. The van der Waals surface area contributed by atoms with Gasteiger partial charge in [-0.25, -0.2) is 0 Å². The minimum atomic E-state index is -0.468. The minimum Gasteiger partial charge on any atom is -0.488 e. The molecule has 0 bridgehead atoms. The van der Waals surface area contributed by atoms with E-state index in [1.165, 1.54) is 0 Å². The van der Waals surface area contributed by atoms with Gasteiger partial charge in [0.25, 0.3) is 0 Å². The van der Waals surface area contributed by atoms with Crippen LogP contribution in [0.4, 0.5) is 0 Å². The van der Waals surface area contributed by atoms with Crippen molar-refractivity contribution < 1.29 is 9.84 Å². The standard InChI is InChI=1S/C9H15BrN2O2/c1-2-3-12-6-9(5-11-12)14-7-8(13)4-10/h5-6,8,13H,2-4,7H2,1H3. The van der Waals surface area contributed by atoms with Crippen LogP contribution in [0.15, 0.2) is 12.4 Å². The maximum absolute atomic E-state index is 9.23. The van der Waals surface area contributed by atoms with E-state index in [1.807, 2.05) is 10.9 Å². The first kappa shape index (κ1) is 11.5. The van der Waals surface area contributed by atoms with Gasteiger partial charge >= 0.3 is 0 Å². The van der Waals surface area contributed by atoms with Gasteiger partial charge in [-0.3, -0.25) is 4.68 Å². The Labute approximate surface area is 92.0 Å².